The van der Waals surface area contributed by atoms with Crippen molar-refractivity contribution < 1.29 is 14.3 Å². The van der Waals surface area contributed by atoms with Crippen molar-refractivity contribution in [2.75, 3.05) is 6.61 Å². The first-order valence-electron chi connectivity index (χ1n) is 5.10. The van der Waals surface area contributed by atoms with Crippen molar-refractivity contribution in [3.63, 3.8) is 0 Å². The topological polar surface area (TPSA) is 35.5 Å². The summed E-state index contributed by atoms with van der Waals surface area (Å²) in [5, 5.41) is 0.753. The Bertz CT molecular complexity index is 401. The fourth-order valence-electron chi connectivity index (χ4n) is 1.43. The fourth-order valence-corrected chi connectivity index (χ4v) is 1.58. The van der Waals surface area contributed by atoms with Crippen LogP contribution < -0.4 is 0 Å². The van der Waals surface area contributed by atoms with E-state index in [1.165, 1.54) is 6.26 Å². The molecule has 0 saturated heterocycles. The Labute approximate surface area is 106 Å². The third-order valence-electron chi connectivity index (χ3n) is 2.21. The standard InChI is InChI=1S/C13H13ClO3/c1-3-9-17-13(15)12(16-4-2)10-5-7-11(14)8-6-10/h1,4-5,7,12H,2,6,8-9H2. The number of halogens is 1. The van der Waals surface area contributed by atoms with Crippen molar-refractivity contribution in [2.24, 2.45) is 0 Å². The molecule has 0 aromatic heterocycles. The van der Waals surface area contributed by atoms with Crippen LogP contribution in [0.15, 0.2) is 35.6 Å². The van der Waals surface area contributed by atoms with Gasteiger partial charge in [0.25, 0.3) is 0 Å². The molecule has 0 spiro atoms. The van der Waals surface area contributed by atoms with Gasteiger partial charge in [-0.3, -0.25) is 0 Å². The zero-order valence-electron chi connectivity index (χ0n) is 9.32. The molecule has 0 radical (unpaired) electrons. The maximum Gasteiger partial charge on any atom is 0.352 e. The number of carbonyl (C=O) groups is 1. The first kappa shape index (κ1) is 13.4. The molecule has 1 rings (SSSR count). The first-order valence-corrected chi connectivity index (χ1v) is 5.48. The van der Waals surface area contributed by atoms with Gasteiger partial charge in [0.15, 0.2) is 6.61 Å². The molecule has 0 saturated carbocycles. The lowest BCUT2D eigenvalue weighted by Gasteiger charge is -2.19. The lowest BCUT2D eigenvalue weighted by molar-refractivity contribution is -0.150. The van der Waals surface area contributed by atoms with Gasteiger partial charge in [-0.05, 0) is 24.5 Å². The highest BCUT2D eigenvalue weighted by Gasteiger charge is 2.26. The van der Waals surface area contributed by atoms with Crippen molar-refractivity contribution in [2.45, 2.75) is 18.9 Å². The molecule has 0 aromatic rings. The number of carbonyl (C=O) groups excluding carboxylic acids is 1. The van der Waals surface area contributed by atoms with Crippen LogP contribution in [0.4, 0.5) is 0 Å². The van der Waals surface area contributed by atoms with Gasteiger partial charge in [0, 0.05) is 5.03 Å². The largest absolute Gasteiger partial charge is 0.482 e. The minimum absolute atomic E-state index is 0.0697. The SMILES string of the molecule is C#CCOC(=O)C(OC=C)C1=CC=C(Cl)CC1. The third kappa shape index (κ3) is 4.01. The van der Waals surface area contributed by atoms with Crippen LogP contribution >= 0.6 is 11.6 Å². The summed E-state index contributed by atoms with van der Waals surface area (Å²) < 4.78 is 10.00. The van der Waals surface area contributed by atoms with Crippen molar-refractivity contribution >= 4 is 17.6 Å². The summed E-state index contributed by atoms with van der Waals surface area (Å²) in [5.74, 6) is 1.72. The van der Waals surface area contributed by atoms with Gasteiger partial charge in [0.1, 0.15) is 0 Å². The second-order valence-corrected chi connectivity index (χ2v) is 3.84. The number of hydrogen-bond donors (Lipinski definition) is 0. The summed E-state index contributed by atoms with van der Waals surface area (Å²) in [6, 6.07) is 0. The van der Waals surface area contributed by atoms with E-state index in [0.29, 0.717) is 12.8 Å². The molecule has 0 bridgehead atoms. The molecule has 0 heterocycles. The molecule has 0 amide bonds. The second-order valence-electron chi connectivity index (χ2n) is 3.35. The van der Waals surface area contributed by atoms with Crippen molar-refractivity contribution in [1.82, 2.24) is 0 Å². The average molecular weight is 253 g/mol. The summed E-state index contributed by atoms with van der Waals surface area (Å²) in [6.07, 6.45) is 10.3. The normalized spacial score (nSPS) is 16.0. The van der Waals surface area contributed by atoms with Crippen LogP contribution in [-0.2, 0) is 14.3 Å². The maximum absolute atomic E-state index is 11.7. The molecule has 17 heavy (non-hydrogen) atoms. The molecule has 4 heteroatoms. The monoisotopic (exact) mass is 252 g/mol. The van der Waals surface area contributed by atoms with Crippen LogP contribution in [0.3, 0.4) is 0 Å². The summed E-state index contributed by atoms with van der Waals surface area (Å²) in [7, 11) is 0. The molecule has 1 aliphatic carbocycles. The Morgan fingerprint density at radius 1 is 1.65 bits per heavy atom. The van der Waals surface area contributed by atoms with Gasteiger partial charge in [0.05, 0.1) is 6.26 Å². The van der Waals surface area contributed by atoms with E-state index in [0.717, 1.165) is 10.6 Å². The Morgan fingerprint density at radius 3 is 2.94 bits per heavy atom. The third-order valence-corrected chi connectivity index (χ3v) is 2.53. The van der Waals surface area contributed by atoms with Gasteiger partial charge < -0.3 is 9.47 Å². The van der Waals surface area contributed by atoms with E-state index < -0.39 is 12.1 Å². The minimum atomic E-state index is -0.790. The van der Waals surface area contributed by atoms with E-state index in [2.05, 4.69) is 12.5 Å². The molecule has 0 aromatic carbocycles. The molecule has 1 unspecified atom stereocenters. The van der Waals surface area contributed by atoms with Crippen LogP contribution in [0.25, 0.3) is 0 Å². The van der Waals surface area contributed by atoms with Gasteiger partial charge >= 0.3 is 5.97 Å². The lowest BCUT2D eigenvalue weighted by Crippen LogP contribution is -2.28. The van der Waals surface area contributed by atoms with E-state index in [4.69, 9.17) is 27.5 Å². The first-order chi connectivity index (χ1) is 8.19. The Morgan fingerprint density at radius 2 is 2.41 bits per heavy atom. The van der Waals surface area contributed by atoms with E-state index >= 15 is 0 Å². The minimum Gasteiger partial charge on any atom is -0.482 e. The molecule has 90 valence electrons. The highest BCUT2D eigenvalue weighted by Crippen LogP contribution is 2.25. The van der Waals surface area contributed by atoms with E-state index in [1.54, 1.807) is 12.2 Å². The molecule has 1 atom stereocenters. The molecule has 0 fully saturated rings. The molecule has 0 aliphatic heterocycles. The van der Waals surface area contributed by atoms with Crippen LogP contribution in [0.1, 0.15) is 12.8 Å². The number of rotatable bonds is 5. The van der Waals surface area contributed by atoms with Crippen LogP contribution in [0.2, 0.25) is 0 Å². The quantitative estimate of drug-likeness (QED) is 0.429. The summed E-state index contributed by atoms with van der Waals surface area (Å²) in [6.45, 7) is 3.36. The number of hydrogen-bond acceptors (Lipinski definition) is 3. The number of esters is 1. The Kier molecular flexibility index (Phi) is 5.38. The predicted octanol–water partition coefficient (Wildman–Crippen LogP) is 2.53. The van der Waals surface area contributed by atoms with Crippen LogP contribution in [0, 0.1) is 12.3 Å². The van der Waals surface area contributed by atoms with Crippen LogP contribution in [0.5, 0.6) is 0 Å². The Balaban J connectivity index is 2.75. The van der Waals surface area contributed by atoms with Gasteiger partial charge in [-0.1, -0.05) is 30.2 Å². The summed E-state index contributed by atoms with van der Waals surface area (Å²) >= 11 is 5.84. The van der Waals surface area contributed by atoms with E-state index in [9.17, 15) is 4.79 Å². The highest BCUT2D eigenvalue weighted by atomic mass is 35.5. The second kappa shape index (κ2) is 6.82. The van der Waals surface area contributed by atoms with Crippen LogP contribution in [-0.4, -0.2) is 18.7 Å². The molecule has 3 nitrogen and oxygen atoms in total. The van der Waals surface area contributed by atoms with Gasteiger partial charge in [-0.25, -0.2) is 4.79 Å². The molecular weight excluding hydrogens is 240 g/mol. The predicted molar refractivity (Wildman–Crippen MR) is 66.1 cm³/mol. The number of terminal acetylenes is 1. The van der Waals surface area contributed by atoms with Crippen molar-refractivity contribution in [3.05, 3.63) is 35.6 Å². The smallest absolute Gasteiger partial charge is 0.352 e. The fraction of sp³-hybridized carbons (Fsp3) is 0.308. The number of ether oxygens (including phenoxy) is 2. The molecular formula is C13H13ClO3. The van der Waals surface area contributed by atoms with Crippen molar-refractivity contribution in [1.29, 1.82) is 0 Å². The average Bonchev–Trinajstić information content (AvgIpc) is 2.34. The maximum atomic E-state index is 11.7. The zero-order valence-corrected chi connectivity index (χ0v) is 10.1. The summed E-state index contributed by atoms with van der Waals surface area (Å²) in [5.41, 5.74) is 0.802. The van der Waals surface area contributed by atoms with Gasteiger partial charge in [-0.2, -0.15) is 0 Å². The van der Waals surface area contributed by atoms with Gasteiger partial charge in [-0.15, -0.1) is 6.42 Å². The highest BCUT2D eigenvalue weighted by molar-refractivity contribution is 6.29. The van der Waals surface area contributed by atoms with E-state index in [1.807, 2.05) is 0 Å². The molecule has 0 N–H and O–H groups in total. The number of allylic oxidation sites excluding steroid dienone is 3. The zero-order chi connectivity index (χ0) is 12.7. The summed E-state index contributed by atoms with van der Waals surface area (Å²) in [4.78, 5) is 11.7. The Hall–Kier alpha value is -1.66. The lowest BCUT2D eigenvalue weighted by atomic mass is 9.99. The van der Waals surface area contributed by atoms with E-state index in [-0.39, 0.29) is 6.61 Å². The van der Waals surface area contributed by atoms with Crippen molar-refractivity contribution in [3.8, 4) is 12.3 Å². The molecule has 1 aliphatic rings. The van der Waals surface area contributed by atoms with Gasteiger partial charge in [0.2, 0.25) is 6.10 Å².